The third-order valence-electron chi connectivity index (χ3n) is 3.93. The molecule has 0 amide bonds. The largest absolute Gasteiger partial charge is 0.489 e. The van der Waals surface area contributed by atoms with E-state index in [1.54, 1.807) is 12.1 Å². The zero-order chi connectivity index (χ0) is 16.8. The van der Waals surface area contributed by atoms with Crippen LogP contribution in [-0.4, -0.2) is 24.2 Å². The normalized spacial score (nSPS) is 16.8. The maximum absolute atomic E-state index is 12.9. The first-order valence-corrected chi connectivity index (χ1v) is 8.48. The maximum atomic E-state index is 12.9. The average Bonchev–Trinajstić information content (AvgIpc) is 3.13. The van der Waals surface area contributed by atoms with Crippen LogP contribution in [-0.2, 0) is 11.3 Å². The minimum atomic E-state index is -0.247. The SMILES string of the molecule is Fc1ccc(COc2cccc(C(=S)NC[C@@H]3CCCO3)c2)cc1. The lowest BCUT2D eigenvalue weighted by molar-refractivity contribution is 0.114. The topological polar surface area (TPSA) is 30.5 Å². The molecule has 126 valence electrons. The van der Waals surface area contributed by atoms with Gasteiger partial charge in [0.1, 0.15) is 23.2 Å². The summed E-state index contributed by atoms with van der Waals surface area (Å²) in [4.78, 5) is 0.692. The second-order valence-electron chi connectivity index (χ2n) is 5.79. The number of benzene rings is 2. The van der Waals surface area contributed by atoms with E-state index < -0.39 is 0 Å². The third kappa shape index (κ3) is 4.76. The molecule has 3 nitrogen and oxygen atoms in total. The Hall–Kier alpha value is -1.98. The van der Waals surface area contributed by atoms with E-state index in [1.165, 1.54) is 12.1 Å². The molecule has 0 bridgehead atoms. The molecule has 24 heavy (non-hydrogen) atoms. The summed E-state index contributed by atoms with van der Waals surface area (Å²) in [5, 5.41) is 3.26. The van der Waals surface area contributed by atoms with Crippen LogP contribution in [0.3, 0.4) is 0 Å². The summed E-state index contributed by atoms with van der Waals surface area (Å²) in [6.45, 7) is 1.96. The van der Waals surface area contributed by atoms with Gasteiger partial charge in [0.25, 0.3) is 0 Å². The minimum absolute atomic E-state index is 0.247. The first-order chi connectivity index (χ1) is 11.7. The zero-order valence-electron chi connectivity index (χ0n) is 13.3. The molecule has 5 heteroatoms. The molecule has 2 aromatic rings. The summed E-state index contributed by atoms with van der Waals surface area (Å²) >= 11 is 5.44. The van der Waals surface area contributed by atoms with E-state index >= 15 is 0 Å². The first kappa shape index (κ1) is 16.9. The molecule has 0 aliphatic carbocycles. The minimum Gasteiger partial charge on any atom is -0.489 e. The molecule has 1 heterocycles. The number of nitrogens with one attached hydrogen (secondary N) is 1. The fraction of sp³-hybridized carbons (Fsp3) is 0.316. The molecular weight excluding hydrogens is 325 g/mol. The lowest BCUT2D eigenvalue weighted by Crippen LogP contribution is -2.31. The van der Waals surface area contributed by atoms with Crippen LogP contribution in [0.25, 0.3) is 0 Å². The smallest absolute Gasteiger partial charge is 0.123 e. The van der Waals surface area contributed by atoms with Crippen molar-refractivity contribution in [1.29, 1.82) is 0 Å². The van der Waals surface area contributed by atoms with E-state index in [1.807, 2.05) is 24.3 Å². The Bertz CT molecular complexity index is 684. The zero-order valence-corrected chi connectivity index (χ0v) is 14.2. The molecule has 0 radical (unpaired) electrons. The molecule has 0 saturated carbocycles. The highest BCUT2D eigenvalue weighted by molar-refractivity contribution is 7.80. The van der Waals surface area contributed by atoms with Gasteiger partial charge in [-0.3, -0.25) is 0 Å². The molecule has 1 aliphatic rings. The monoisotopic (exact) mass is 345 g/mol. The Kier molecular flexibility index (Phi) is 5.77. The maximum Gasteiger partial charge on any atom is 0.123 e. The molecule has 3 rings (SSSR count). The number of rotatable bonds is 6. The standard InChI is InChI=1S/C19H20FNO2S/c20-16-8-6-14(7-9-16)13-23-17-4-1-3-15(11-17)19(24)21-12-18-5-2-10-22-18/h1,3-4,6-9,11,18H,2,5,10,12-13H2,(H,21,24)/t18-/m0/s1. The van der Waals surface area contributed by atoms with Crippen LogP contribution in [0.1, 0.15) is 24.0 Å². The number of hydrogen-bond acceptors (Lipinski definition) is 3. The second kappa shape index (κ2) is 8.22. The number of halogens is 1. The predicted molar refractivity (Wildman–Crippen MR) is 95.9 cm³/mol. The number of thiocarbonyl (C=S) groups is 1. The Labute approximate surface area is 146 Å². The van der Waals surface area contributed by atoms with Crippen molar-refractivity contribution in [1.82, 2.24) is 5.32 Å². The van der Waals surface area contributed by atoms with Gasteiger partial charge in [-0.1, -0.05) is 36.5 Å². The van der Waals surface area contributed by atoms with Gasteiger partial charge in [0, 0.05) is 18.7 Å². The first-order valence-electron chi connectivity index (χ1n) is 8.08. The molecule has 2 aromatic carbocycles. The number of hydrogen-bond donors (Lipinski definition) is 1. The van der Waals surface area contributed by atoms with Gasteiger partial charge in [-0.05, 0) is 42.7 Å². The van der Waals surface area contributed by atoms with Crippen LogP contribution >= 0.6 is 12.2 Å². The van der Waals surface area contributed by atoms with Crippen molar-refractivity contribution in [2.24, 2.45) is 0 Å². The molecule has 1 N–H and O–H groups in total. The molecule has 1 aliphatic heterocycles. The molecular formula is C19H20FNO2S. The van der Waals surface area contributed by atoms with Gasteiger partial charge in [-0.15, -0.1) is 0 Å². The van der Waals surface area contributed by atoms with Crippen molar-refractivity contribution in [3.8, 4) is 5.75 Å². The summed E-state index contributed by atoms with van der Waals surface area (Å²) in [6, 6.07) is 14.0. The molecule has 0 spiro atoms. The van der Waals surface area contributed by atoms with Crippen molar-refractivity contribution in [2.45, 2.75) is 25.6 Å². The molecule has 1 atom stereocenters. The highest BCUT2D eigenvalue weighted by atomic mass is 32.1. The summed E-state index contributed by atoms with van der Waals surface area (Å²) in [5.41, 5.74) is 1.83. The van der Waals surface area contributed by atoms with Crippen LogP contribution in [0.15, 0.2) is 48.5 Å². The summed E-state index contributed by atoms with van der Waals surface area (Å²) in [6.07, 6.45) is 2.45. The third-order valence-corrected chi connectivity index (χ3v) is 4.31. The van der Waals surface area contributed by atoms with Gasteiger partial charge in [-0.2, -0.15) is 0 Å². The van der Waals surface area contributed by atoms with E-state index in [-0.39, 0.29) is 11.9 Å². The molecule has 1 fully saturated rings. The van der Waals surface area contributed by atoms with Crippen LogP contribution in [0.4, 0.5) is 4.39 Å². The molecule has 1 saturated heterocycles. The van der Waals surface area contributed by atoms with Crippen molar-refractivity contribution in [2.75, 3.05) is 13.2 Å². The highest BCUT2D eigenvalue weighted by Crippen LogP contribution is 2.16. The van der Waals surface area contributed by atoms with Crippen LogP contribution in [0, 0.1) is 5.82 Å². The lowest BCUT2D eigenvalue weighted by Gasteiger charge is -2.13. The average molecular weight is 345 g/mol. The summed E-state index contributed by atoms with van der Waals surface area (Å²) in [7, 11) is 0. The predicted octanol–water partition coefficient (Wildman–Crippen LogP) is 3.85. The van der Waals surface area contributed by atoms with Crippen LogP contribution in [0.2, 0.25) is 0 Å². The summed E-state index contributed by atoms with van der Waals surface area (Å²) in [5.74, 6) is 0.488. The van der Waals surface area contributed by atoms with E-state index in [9.17, 15) is 4.39 Å². The van der Waals surface area contributed by atoms with Gasteiger partial charge in [0.2, 0.25) is 0 Å². The van der Waals surface area contributed by atoms with Gasteiger partial charge in [-0.25, -0.2) is 4.39 Å². The Morgan fingerprint density at radius 1 is 1.25 bits per heavy atom. The van der Waals surface area contributed by atoms with Gasteiger partial charge in [0.05, 0.1) is 6.10 Å². The quantitative estimate of drug-likeness (QED) is 0.806. The Morgan fingerprint density at radius 2 is 2.08 bits per heavy atom. The highest BCUT2D eigenvalue weighted by Gasteiger charge is 2.15. The van der Waals surface area contributed by atoms with E-state index in [4.69, 9.17) is 21.7 Å². The van der Waals surface area contributed by atoms with Crippen molar-refractivity contribution >= 4 is 17.2 Å². The van der Waals surface area contributed by atoms with Gasteiger partial charge < -0.3 is 14.8 Å². The van der Waals surface area contributed by atoms with Crippen molar-refractivity contribution < 1.29 is 13.9 Å². The van der Waals surface area contributed by atoms with Crippen molar-refractivity contribution in [3.05, 3.63) is 65.5 Å². The molecule has 0 unspecified atom stereocenters. The fourth-order valence-corrected chi connectivity index (χ4v) is 2.80. The Morgan fingerprint density at radius 3 is 2.83 bits per heavy atom. The Balaban J connectivity index is 1.54. The second-order valence-corrected chi connectivity index (χ2v) is 6.20. The van der Waals surface area contributed by atoms with E-state index in [0.29, 0.717) is 11.6 Å². The van der Waals surface area contributed by atoms with E-state index in [2.05, 4.69) is 5.32 Å². The summed E-state index contributed by atoms with van der Waals surface area (Å²) < 4.78 is 24.3. The molecule has 0 aromatic heterocycles. The van der Waals surface area contributed by atoms with E-state index in [0.717, 1.165) is 42.9 Å². The van der Waals surface area contributed by atoms with Gasteiger partial charge in [0.15, 0.2) is 0 Å². The lowest BCUT2D eigenvalue weighted by atomic mass is 10.2. The number of ether oxygens (including phenoxy) is 2. The van der Waals surface area contributed by atoms with Crippen LogP contribution < -0.4 is 10.1 Å². The van der Waals surface area contributed by atoms with Gasteiger partial charge >= 0.3 is 0 Å². The van der Waals surface area contributed by atoms with Crippen molar-refractivity contribution in [3.63, 3.8) is 0 Å². The van der Waals surface area contributed by atoms with Crippen LogP contribution in [0.5, 0.6) is 5.75 Å². The fourth-order valence-electron chi connectivity index (χ4n) is 2.59.